The fourth-order valence-corrected chi connectivity index (χ4v) is 2.28. The number of nitrogens with one attached hydrogen (secondary N) is 1. The molecule has 1 rings (SSSR count). The number of carbonyl (C=O) groups excluding carboxylic acids is 1. The van der Waals surface area contributed by atoms with Gasteiger partial charge in [-0.3, -0.25) is 9.59 Å². The largest absolute Gasteiger partial charge is 0.481 e. The number of aryl methyl sites for hydroxylation is 1. The number of amides is 1. The Balaban J connectivity index is 2.71. The van der Waals surface area contributed by atoms with E-state index in [4.69, 9.17) is 5.11 Å². The van der Waals surface area contributed by atoms with E-state index in [9.17, 15) is 9.59 Å². The van der Waals surface area contributed by atoms with E-state index in [1.165, 1.54) is 0 Å². The molecule has 0 aliphatic heterocycles. The number of hydrogen-bond donors (Lipinski definition) is 2. The Kier molecular flexibility index (Phi) is 5.89. The molecule has 104 valence electrons. The zero-order chi connectivity index (χ0) is 14.4. The Bertz CT molecular complexity index is 472. The van der Waals surface area contributed by atoms with Crippen molar-refractivity contribution in [2.24, 2.45) is 0 Å². The number of carboxylic acids is 1. The molecule has 0 aromatic heterocycles. The Hall–Kier alpha value is -1.49. The molecule has 0 aliphatic carbocycles. The second kappa shape index (κ2) is 7.19. The number of hydrogen-bond acceptors (Lipinski definition) is 3. The number of rotatable bonds is 6. The van der Waals surface area contributed by atoms with Gasteiger partial charge in [0.2, 0.25) is 5.91 Å². The maximum Gasteiger partial charge on any atom is 0.313 e. The average Bonchev–Trinajstić information content (AvgIpc) is 2.30. The van der Waals surface area contributed by atoms with Gasteiger partial charge in [-0.15, -0.1) is 11.8 Å². The predicted octanol–water partition coefficient (Wildman–Crippen LogP) is 2.87. The fraction of sp³-hybridized carbons (Fsp3) is 0.429. The summed E-state index contributed by atoms with van der Waals surface area (Å²) in [6.07, 6.45) is 0. The molecule has 19 heavy (non-hydrogen) atoms. The number of aliphatic carboxylic acids is 1. The molecule has 0 saturated carbocycles. The Morgan fingerprint density at radius 1 is 1.32 bits per heavy atom. The molecule has 0 atom stereocenters. The summed E-state index contributed by atoms with van der Waals surface area (Å²) < 4.78 is 0. The summed E-state index contributed by atoms with van der Waals surface area (Å²) in [5, 5.41) is 11.4. The van der Waals surface area contributed by atoms with Crippen LogP contribution in [-0.4, -0.2) is 28.5 Å². The van der Waals surface area contributed by atoms with Crippen molar-refractivity contribution in [3.05, 3.63) is 29.3 Å². The van der Waals surface area contributed by atoms with Crippen LogP contribution >= 0.6 is 11.8 Å². The SMILES string of the molecule is Cc1cccc(C(C)C)c1NC(=O)CSCC(=O)O. The average molecular weight is 281 g/mol. The van der Waals surface area contributed by atoms with Gasteiger partial charge in [-0.1, -0.05) is 32.0 Å². The third-order valence-corrected chi connectivity index (χ3v) is 3.57. The van der Waals surface area contributed by atoms with Crippen LogP contribution in [0.5, 0.6) is 0 Å². The molecule has 1 aromatic carbocycles. The van der Waals surface area contributed by atoms with Crippen molar-refractivity contribution in [2.75, 3.05) is 16.8 Å². The lowest BCUT2D eigenvalue weighted by atomic mass is 9.98. The van der Waals surface area contributed by atoms with Gasteiger partial charge in [-0.05, 0) is 24.0 Å². The van der Waals surface area contributed by atoms with Crippen molar-refractivity contribution < 1.29 is 14.7 Å². The summed E-state index contributed by atoms with van der Waals surface area (Å²) >= 11 is 1.10. The standard InChI is InChI=1S/C14H19NO3S/c1-9(2)11-6-4-5-10(3)14(11)15-12(16)7-19-8-13(17)18/h4-6,9H,7-8H2,1-3H3,(H,15,16)(H,17,18). The third-order valence-electron chi connectivity index (χ3n) is 2.65. The molecule has 0 aliphatic rings. The lowest BCUT2D eigenvalue weighted by Crippen LogP contribution is -2.17. The number of benzene rings is 1. The van der Waals surface area contributed by atoms with E-state index in [0.717, 1.165) is 28.6 Å². The second-order valence-electron chi connectivity index (χ2n) is 4.63. The topological polar surface area (TPSA) is 66.4 Å². The molecule has 0 unspecified atom stereocenters. The monoisotopic (exact) mass is 281 g/mol. The van der Waals surface area contributed by atoms with Gasteiger partial charge in [0.15, 0.2) is 0 Å². The molecule has 0 spiro atoms. The summed E-state index contributed by atoms with van der Waals surface area (Å²) in [6, 6.07) is 5.92. The minimum atomic E-state index is -0.906. The summed E-state index contributed by atoms with van der Waals surface area (Å²) in [4.78, 5) is 22.2. The minimum absolute atomic E-state index is 0.0573. The van der Waals surface area contributed by atoms with Crippen LogP contribution in [-0.2, 0) is 9.59 Å². The Morgan fingerprint density at radius 2 is 2.00 bits per heavy atom. The number of carbonyl (C=O) groups is 2. The number of para-hydroxylation sites is 1. The molecule has 0 radical (unpaired) electrons. The van der Waals surface area contributed by atoms with Gasteiger partial charge in [0.25, 0.3) is 0 Å². The summed E-state index contributed by atoms with van der Waals surface area (Å²) in [5.74, 6) is -0.656. The van der Waals surface area contributed by atoms with E-state index in [1.54, 1.807) is 0 Å². The highest BCUT2D eigenvalue weighted by atomic mass is 32.2. The van der Waals surface area contributed by atoms with Crippen molar-refractivity contribution in [3.63, 3.8) is 0 Å². The normalized spacial score (nSPS) is 10.5. The van der Waals surface area contributed by atoms with Gasteiger partial charge in [-0.2, -0.15) is 0 Å². The fourth-order valence-electron chi connectivity index (χ4n) is 1.75. The number of anilines is 1. The number of carboxylic acid groups (broad SMARTS) is 1. The van der Waals surface area contributed by atoms with E-state index >= 15 is 0 Å². The van der Waals surface area contributed by atoms with Gasteiger partial charge in [0.1, 0.15) is 0 Å². The minimum Gasteiger partial charge on any atom is -0.481 e. The highest BCUT2D eigenvalue weighted by Crippen LogP contribution is 2.27. The number of thioether (sulfide) groups is 1. The Morgan fingerprint density at radius 3 is 2.58 bits per heavy atom. The molecule has 4 nitrogen and oxygen atoms in total. The highest BCUT2D eigenvalue weighted by Gasteiger charge is 2.12. The van der Waals surface area contributed by atoms with Crippen molar-refractivity contribution in [1.82, 2.24) is 0 Å². The zero-order valence-corrected chi connectivity index (χ0v) is 12.2. The Labute approximate surface area is 117 Å². The quantitative estimate of drug-likeness (QED) is 0.841. The van der Waals surface area contributed by atoms with E-state index < -0.39 is 5.97 Å². The molecule has 0 fully saturated rings. The van der Waals surface area contributed by atoms with Crippen molar-refractivity contribution in [3.8, 4) is 0 Å². The zero-order valence-electron chi connectivity index (χ0n) is 11.4. The lowest BCUT2D eigenvalue weighted by Gasteiger charge is -2.16. The van der Waals surface area contributed by atoms with Crippen molar-refractivity contribution in [2.45, 2.75) is 26.7 Å². The van der Waals surface area contributed by atoms with Crippen LogP contribution in [0, 0.1) is 6.92 Å². The molecular formula is C14H19NO3S. The summed E-state index contributed by atoms with van der Waals surface area (Å²) in [7, 11) is 0. The molecule has 1 aromatic rings. The van der Waals surface area contributed by atoms with E-state index in [1.807, 2.05) is 25.1 Å². The van der Waals surface area contributed by atoms with Crippen LogP contribution < -0.4 is 5.32 Å². The van der Waals surface area contributed by atoms with Gasteiger partial charge in [0, 0.05) is 5.69 Å². The molecule has 5 heteroatoms. The van der Waals surface area contributed by atoms with Crippen molar-refractivity contribution in [1.29, 1.82) is 0 Å². The van der Waals surface area contributed by atoms with Crippen LogP contribution in [0.3, 0.4) is 0 Å². The van der Waals surface area contributed by atoms with Crippen LogP contribution in [0.1, 0.15) is 30.9 Å². The predicted molar refractivity (Wildman–Crippen MR) is 78.9 cm³/mol. The van der Waals surface area contributed by atoms with Crippen LogP contribution in [0.2, 0.25) is 0 Å². The highest BCUT2D eigenvalue weighted by molar-refractivity contribution is 8.00. The lowest BCUT2D eigenvalue weighted by molar-refractivity contribution is -0.133. The maximum atomic E-state index is 11.8. The molecule has 0 heterocycles. The first-order valence-electron chi connectivity index (χ1n) is 6.10. The third kappa shape index (κ3) is 4.95. The first-order chi connectivity index (χ1) is 8.91. The first kappa shape index (κ1) is 15.6. The molecule has 0 bridgehead atoms. The van der Waals surface area contributed by atoms with E-state index in [2.05, 4.69) is 19.2 Å². The van der Waals surface area contributed by atoms with Gasteiger partial charge in [-0.25, -0.2) is 0 Å². The second-order valence-corrected chi connectivity index (χ2v) is 5.61. The van der Waals surface area contributed by atoms with Gasteiger partial charge < -0.3 is 10.4 Å². The van der Waals surface area contributed by atoms with E-state index in [-0.39, 0.29) is 17.4 Å². The first-order valence-corrected chi connectivity index (χ1v) is 7.26. The van der Waals surface area contributed by atoms with Crippen LogP contribution in [0.4, 0.5) is 5.69 Å². The molecule has 2 N–H and O–H groups in total. The maximum absolute atomic E-state index is 11.8. The summed E-state index contributed by atoms with van der Waals surface area (Å²) in [6.45, 7) is 6.10. The van der Waals surface area contributed by atoms with Crippen LogP contribution in [0.15, 0.2) is 18.2 Å². The van der Waals surface area contributed by atoms with E-state index in [0.29, 0.717) is 5.92 Å². The van der Waals surface area contributed by atoms with Crippen molar-refractivity contribution >= 4 is 29.3 Å². The molecule has 0 saturated heterocycles. The van der Waals surface area contributed by atoms with Gasteiger partial charge in [0.05, 0.1) is 11.5 Å². The van der Waals surface area contributed by atoms with Gasteiger partial charge >= 0.3 is 5.97 Å². The summed E-state index contributed by atoms with van der Waals surface area (Å²) in [5.41, 5.74) is 2.96. The smallest absolute Gasteiger partial charge is 0.313 e. The molecule has 1 amide bonds. The molecular weight excluding hydrogens is 262 g/mol. The van der Waals surface area contributed by atoms with Crippen LogP contribution in [0.25, 0.3) is 0 Å².